The molecule has 2 amide bonds. The van der Waals surface area contributed by atoms with Gasteiger partial charge in [-0.15, -0.1) is 0 Å². The van der Waals surface area contributed by atoms with Crippen LogP contribution in [0, 0.1) is 23.7 Å². The lowest BCUT2D eigenvalue weighted by Crippen LogP contribution is -2.43. The molecule has 6 nitrogen and oxygen atoms in total. The Hall–Kier alpha value is -2.63. The monoisotopic (exact) mass is 299 g/mol. The number of carboxylic acid groups (broad SMARTS) is 1. The molecule has 3 N–H and O–H groups in total. The molecular weight excluding hydrogens is 284 g/mol. The van der Waals surface area contributed by atoms with Crippen LogP contribution in [0.1, 0.15) is 16.8 Å². The van der Waals surface area contributed by atoms with E-state index in [4.69, 9.17) is 5.73 Å². The molecule has 1 saturated carbocycles. The summed E-state index contributed by atoms with van der Waals surface area (Å²) in [7, 11) is 0. The van der Waals surface area contributed by atoms with Gasteiger partial charge in [-0.1, -0.05) is 24.3 Å². The lowest BCUT2D eigenvalue weighted by Gasteiger charge is -2.28. The largest absolute Gasteiger partial charge is 0.550 e. The molecule has 0 heterocycles. The number of carbonyl (C=O) groups is 3. The fourth-order valence-electron chi connectivity index (χ4n) is 3.52. The fourth-order valence-corrected chi connectivity index (χ4v) is 3.52. The van der Waals surface area contributed by atoms with E-state index < -0.39 is 29.6 Å². The number of para-hydroxylation sites is 1. The number of hydrogen-bond donors (Lipinski definition) is 2. The van der Waals surface area contributed by atoms with E-state index in [1.807, 2.05) is 12.2 Å². The van der Waals surface area contributed by atoms with Crippen LogP contribution in [0.2, 0.25) is 0 Å². The Kier molecular flexibility index (Phi) is 3.44. The fraction of sp³-hybridized carbons (Fsp3) is 0.312. The lowest BCUT2D eigenvalue weighted by atomic mass is 9.82. The average Bonchev–Trinajstić information content (AvgIpc) is 3.08. The lowest BCUT2D eigenvalue weighted by molar-refractivity contribution is -0.313. The molecule has 2 aliphatic carbocycles. The van der Waals surface area contributed by atoms with Gasteiger partial charge < -0.3 is 21.0 Å². The molecule has 114 valence electrons. The molecule has 1 aromatic carbocycles. The minimum atomic E-state index is -1.21. The number of nitrogens with two attached hydrogens (primary N) is 1. The van der Waals surface area contributed by atoms with E-state index in [0.29, 0.717) is 12.1 Å². The number of nitrogens with one attached hydrogen (secondary N) is 1. The molecule has 0 spiro atoms. The third-order valence-corrected chi connectivity index (χ3v) is 4.48. The van der Waals surface area contributed by atoms with Gasteiger partial charge in [0.15, 0.2) is 0 Å². The molecule has 1 aromatic rings. The summed E-state index contributed by atoms with van der Waals surface area (Å²) >= 11 is 0. The molecular formula is C16H15N2O4-. The van der Waals surface area contributed by atoms with Crippen molar-refractivity contribution in [2.75, 3.05) is 5.32 Å². The summed E-state index contributed by atoms with van der Waals surface area (Å²) in [4.78, 5) is 35.2. The van der Waals surface area contributed by atoms with Crippen molar-refractivity contribution < 1.29 is 19.5 Å². The first-order valence-electron chi connectivity index (χ1n) is 7.08. The number of allylic oxidation sites excluding steroid dienone is 2. The van der Waals surface area contributed by atoms with E-state index in [-0.39, 0.29) is 17.4 Å². The Balaban J connectivity index is 1.85. The van der Waals surface area contributed by atoms with Crippen molar-refractivity contribution >= 4 is 23.5 Å². The molecule has 2 bridgehead atoms. The molecule has 3 rings (SSSR count). The highest BCUT2D eigenvalue weighted by Gasteiger charge is 2.48. The van der Waals surface area contributed by atoms with Crippen LogP contribution in [-0.2, 0) is 9.59 Å². The summed E-state index contributed by atoms with van der Waals surface area (Å²) in [6.07, 6.45) is 4.37. The highest BCUT2D eigenvalue weighted by Crippen LogP contribution is 2.48. The number of amides is 2. The topological polar surface area (TPSA) is 112 Å². The Bertz CT molecular complexity index is 682. The average molecular weight is 299 g/mol. The normalized spacial score (nSPS) is 28.5. The zero-order valence-electron chi connectivity index (χ0n) is 11.7. The summed E-state index contributed by atoms with van der Waals surface area (Å²) in [6.45, 7) is 0. The number of fused-ring (bicyclic) bond motifs is 2. The van der Waals surface area contributed by atoms with Gasteiger partial charge in [0.05, 0.1) is 17.2 Å². The zero-order chi connectivity index (χ0) is 15.9. The maximum absolute atomic E-state index is 12.5. The van der Waals surface area contributed by atoms with Crippen LogP contribution in [0.3, 0.4) is 0 Å². The quantitative estimate of drug-likeness (QED) is 0.757. The van der Waals surface area contributed by atoms with Crippen molar-refractivity contribution in [3.63, 3.8) is 0 Å². The van der Waals surface area contributed by atoms with Gasteiger partial charge in [0, 0.05) is 11.9 Å². The Labute approximate surface area is 127 Å². The second-order valence-corrected chi connectivity index (χ2v) is 5.72. The molecule has 0 unspecified atom stereocenters. The minimum absolute atomic E-state index is 0.103. The van der Waals surface area contributed by atoms with Crippen LogP contribution in [0.4, 0.5) is 5.69 Å². The van der Waals surface area contributed by atoms with E-state index in [1.165, 1.54) is 6.07 Å². The van der Waals surface area contributed by atoms with Gasteiger partial charge in [-0.25, -0.2) is 0 Å². The number of rotatable bonds is 4. The first-order chi connectivity index (χ1) is 10.5. The van der Waals surface area contributed by atoms with E-state index >= 15 is 0 Å². The molecule has 0 saturated heterocycles. The summed E-state index contributed by atoms with van der Waals surface area (Å²) in [5.74, 6) is -4.04. The number of anilines is 1. The number of benzene rings is 1. The predicted octanol–water partition coefficient (Wildman–Crippen LogP) is -0.0878. The van der Waals surface area contributed by atoms with Gasteiger partial charge in [0.25, 0.3) is 5.91 Å². The van der Waals surface area contributed by atoms with Crippen molar-refractivity contribution in [2.45, 2.75) is 6.42 Å². The summed E-state index contributed by atoms with van der Waals surface area (Å²) in [6, 6.07) is 6.38. The number of carbonyl (C=O) groups excluding carboxylic acids is 3. The van der Waals surface area contributed by atoms with E-state index in [9.17, 15) is 19.5 Å². The number of hydrogen-bond acceptors (Lipinski definition) is 4. The zero-order valence-corrected chi connectivity index (χ0v) is 11.7. The smallest absolute Gasteiger partial charge is 0.250 e. The maximum atomic E-state index is 12.5. The number of primary amides is 1. The SMILES string of the molecule is NC(=O)c1ccccc1NC(=O)[C@@H]1[C@@H](C(=O)[O-])[C@H]2C=C[C@@H]1C2. The third-order valence-electron chi connectivity index (χ3n) is 4.48. The Morgan fingerprint density at radius 1 is 1.09 bits per heavy atom. The number of aliphatic carboxylic acids is 1. The highest BCUT2D eigenvalue weighted by atomic mass is 16.4. The predicted molar refractivity (Wildman–Crippen MR) is 76.3 cm³/mol. The van der Waals surface area contributed by atoms with Crippen molar-refractivity contribution in [1.82, 2.24) is 0 Å². The second-order valence-electron chi connectivity index (χ2n) is 5.72. The minimum Gasteiger partial charge on any atom is -0.550 e. The first-order valence-corrected chi connectivity index (χ1v) is 7.08. The highest BCUT2D eigenvalue weighted by molar-refractivity contribution is 6.04. The Morgan fingerprint density at radius 2 is 1.73 bits per heavy atom. The Morgan fingerprint density at radius 3 is 2.36 bits per heavy atom. The van der Waals surface area contributed by atoms with Gasteiger partial charge in [-0.2, -0.15) is 0 Å². The molecule has 2 aliphatic rings. The molecule has 1 fully saturated rings. The summed E-state index contributed by atoms with van der Waals surface area (Å²) in [5, 5.41) is 14.0. The summed E-state index contributed by atoms with van der Waals surface area (Å²) in [5.41, 5.74) is 5.76. The second kappa shape index (κ2) is 5.29. The van der Waals surface area contributed by atoms with Gasteiger partial charge in [0.1, 0.15) is 0 Å². The molecule has 0 radical (unpaired) electrons. The number of carboxylic acids is 1. The van der Waals surface area contributed by atoms with Crippen molar-refractivity contribution in [1.29, 1.82) is 0 Å². The standard InChI is InChI=1S/C16H16N2O4/c17-14(19)10-3-1-2-4-11(10)18-15(20)12-8-5-6-9(7-8)13(12)16(21)22/h1-6,8-9,12-13H,7H2,(H2,17,19)(H,18,20)(H,21,22)/p-1/t8-,9+,12+,13+/m1/s1. The van der Waals surface area contributed by atoms with Crippen molar-refractivity contribution in [3.05, 3.63) is 42.0 Å². The van der Waals surface area contributed by atoms with E-state index in [2.05, 4.69) is 5.32 Å². The van der Waals surface area contributed by atoms with E-state index in [0.717, 1.165) is 0 Å². The molecule has 0 aromatic heterocycles. The molecule has 0 aliphatic heterocycles. The third kappa shape index (κ3) is 2.26. The van der Waals surface area contributed by atoms with Crippen LogP contribution in [0.15, 0.2) is 36.4 Å². The molecule has 4 atom stereocenters. The summed E-state index contributed by atoms with van der Waals surface area (Å²) < 4.78 is 0. The van der Waals surface area contributed by atoms with E-state index in [1.54, 1.807) is 18.2 Å². The molecule has 6 heteroatoms. The maximum Gasteiger partial charge on any atom is 0.250 e. The first kappa shape index (κ1) is 14.3. The van der Waals surface area contributed by atoms with Crippen molar-refractivity contribution in [2.24, 2.45) is 29.4 Å². The molecule has 22 heavy (non-hydrogen) atoms. The van der Waals surface area contributed by atoms with Crippen LogP contribution in [0.5, 0.6) is 0 Å². The van der Waals surface area contributed by atoms with Crippen molar-refractivity contribution in [3.8, 4) is 0 Å². The van der Waals surface area contributed by atoms with Gasteiger partial charge >= 0.3 is 0 Å². The van der Waals surface area contributed by atoms with Crippen LogP contribution in [-0.4, -0.2) is 17.8 Å². The van der Waals surface area contributed by atoms with Crippen LogP contribution in [0.25, 0.3) is 0 Å². The van der Waals surface area contributed by atoms with Crippen LogP contribution >= 0.6 is 0 Å². The van der Waals surface area contributed by atoms with Gasteiger partial charge in [-0.05, 0) is 30.4 Å². The van der Waals surface area contributed by atoms with Gasteiger partial charge in [0.2, 0.25) is 5.91 Å². The van der Waals surface area contributed by atoms with Gasteiger partial charge in [-0.3, -0.25) is 9.59 Å². The van der Waals surface area contributed by atoms with Crippen LogP contribution < -0.4 is 16.2 Å².